The van der Waals surface area contributed by atoms with E-state index < -0.39 is 10.8 Å². The number of rotatable bonds is 9. The normalized spacial score (nSPS) is 18.0. The van der Waals surface area contributed by atoms with E-state index in [0.29, 0.717) is 31.8 Å². The van der Waals surface area contributed by atoms with Crippen LogP contribution in [-0.4, -0.2) is 60.3 Å². The summed E-state index contributed by atoms with van der Waals surface area (Å²) in [6.45, 7) is 3.11. The molecule has 1 atom stereocenters. The van der Waals surface area contributed by atoms with Crippen LogP contribution in [0.15, 0.2) is 18.2 Å². The van der Waals surface area contributed by atoms with Gasteiger partial charge in [-0.25, -0.2) is 0 Å². The molecule has 0 saturated carbocycles. The average molecular weight is 447 g/mol. The largest absolute Gasteiger partial charge is 0.482 e. The fourth-order valence-electron chi connectivity index (χ4n) is 4.04. The van der Waals surface area contributed by atoms with E-state index in [9.17, 15) is 24.5 Å². The molecule has 1 aromatic carbocycles. The summed E-state index contributed by atoms with van der Waals surface area (Å²) in [6, 6.07) is 3.97. The van der Waals surface area contributed by atoms with E-state index in [0.717, 1.165) is 32.1 Å². The Morgan fingerprint density at radius 1 is 1.28 bits per heavy atom. The van der Waals surface area contributed by atoms with Crippen LogP contribution < -0.4 is 15.0 Å². The van der Waals surface area contributed by atoms with E-state index in [2.05, 4.69) is 12.2 Å². The average Bonchev–Trinajstić information content (AvgIpc) is 2.80. The second-order valence-corrected chi connectivity index (χ2v) is 8.21. The predicted octanol–water partition coefficient (Wildman–Crippen LogP) is 2.26. The predicted molar refractivity (Wildman–Crippen MR) is 117 cm³/mol. The van der Waals surface area contributed by atoms with E-state index >= 15 is 0 Å². The Balaban J connectivity index is 1.61. The number of carbonyl (C=O) groups excluding carboxylic acids is 3. The van der Waals surface area contributed by atoms with Crippen LogP contribution in [0, 0.1) is 16.0 Å². The molecule has 2 aliphatic heterocycles. The third kappa shape index (κ3) is 5.74. The minimum atomic E-state index is -0.560. The Bertz CT molecular complexity index is 874. The number of carbonyl (C=O) groups is 3. The van der Waals surface area contributed by atoms with E-state index in [1.807, 2.05) is 0 Å². The lowest BCUT2D eigenvalue weighted by Crippen LogP contribution is -2.50. The lowest BCUT2D eigenvalue weighted by molar-refractivity contribution is -0.384. The Kier molecular flexibility index (Phi) is 8.02. The number of piperidine rings is 1. The summed E-state index contributed by atoms with van der Waals surface area (Å²) in [7, 11) is 0. The van der Waals surface area contributed by atoms with Gasteiger partial charge in [0.15, 0.2) is 6.61 Å². The van der Waals surface area contributed by atoms with Gasteiger partial charge in [-0.1, -0.05) is 26.2 Å². The molecular formula is C22H30N4O6. The minimum absolute atomic E-state index is 0.0394. The second kappa shape index (κ2) is 10.9. The van der Waals surface area contributed by atoms with E-state index in [-0.39, 0.29) is 42.3 Å². The van der Waals surface area contributed by atoms with Crippen molar-refractivity contribution in [1.82, 2.24) is 10.2 Å². The lowest BCUT2D eigenvalue weighted by Gasteiger charge is -2.35. The first-order valence-electron chi connectivity index (χ1n) is 11.2. The monoisotopic (exact) mass is 446 g/mol. The van der Waals surface area contributed by atoms with Crippen molar-refractivity contribution in [3.05, 3.63) is 28.3 Å². The number of unbranched alkanes of at least 4 members (excludes halogenated alkanes) is 3. The zero-order valence-corrected chi connectivity index (χ0v) is 18.4. The number of anilines is 1. The molecule has 2 heterocycles. The van der Waals surface area contributed by atoms with Crippen LogP contribution >= 0.6 is 0 Å². The quantitative estimate of drug-likeness (QED) is 0.353. The molecule has 174 valence electrons. The maximum Gasteiger partial charge on any atom is 0.271 e. The minimum Gasteiger partial charge on any atom is -0.482 e. The molecule has 1 aromatic rings. The molecule has 32 heavy (non-hydrogen) atoms. The van der Waals surface area contributed by atoms with Crippen LogP contribution in [0.2, 0.25) is 0 Å². The summed E-state index contributed by atoms with van der Waals surface area (Å²) in [5.74, 6) is -0.722. The number of nitro groups is 1. The van der Waals surface area contributed by atoms with Crippen molar-refractivity contribution < 1.29 is 24.0 Å². The van der Waals surface area contributed by atoms with E-state index in [1.54, 1.807) is 4.90 Å². The van der Waals surface area contributed by atoms with Gasteiger partial charge in [-0.2, -0.15) is 0 Å². The molecule has 0 spiro atoms. The highest BCUT2D eigenvalue weighted by molar-refractivity contribution is 6.02. The smallest absolute Gasteiger partial charge is 0.271 e. The molecule has 0 radical (unpaired) electrons. The third-order valence-electron chi connectivity index (χ3n) is 5.86. The zero-order chi connectivity index (χ0) is 23.1. The summed E-state index contributed by atoms with van der Waals surface area (Å²) in [5.41, 5.74) is 0.0234. The first-order valence-corrected chi connectivity index (χ1v) is 11.2. The molecule has 1 N–H and O–H groups in total. The van der Waals surface area contributed by atoms with Crippen molar-refractivity contribution in [2.75, 3.05) is 37.7 Å². The van der Waals surface area contributed by atoms with Crippen molar-refractivity contribution in [1.29, 1.82) is 0 Å². The number of likely N-dealkylation sites (tertiary alicyclic amines) is 1. The van der Waals surface area contributed by atoms with E-state index in [4.69, 9.17) is 4.74 Å². The molecular weight excluding hydrogens is 416 g/mol. The number of ether oxygens (including phenoxy) is 1. The summed E-state index contributed by atoms with van der Waals surface area (Å²) in [6.07, 6.45) is 5.74. The number of benzene rings is 1. The molecule has 0 aliphatic carbocycles. The highest BCUT2D eigenvalue weighted by Gasteiger charge is 2.33. The van der Waals surface area contributed by atoms with Gasteiger partial charge >= 0.3 is 0 Å². The number of non-ortho nitro benzene ring substituents is 1. The number of nitrogens with one attached hydrogen (secondary N) is 1. The fourth-order valence-corrected chi connectivity index (χ4v) is 4.04. The van der Waals surface area contributed by atoms with Gasteiger partial charge in [-0.3, -0.25) is 29.4 Å². The summed E-state index contributed by atoms with van der Waals surface area (Å²) in [4.78, 5) is 51.3. The number of hydrogen-bond acceptors (Lipinski definition) is 6. The van der Waals surface area contributed by atoms with Gasteiger partial charge in [0.25, 0.3) is 11.6 Å². The summed E-state index contributed by atoms with van der Waals surface area (Å²) in [5, 5.41) is 14.1. The van der Waals surface area contributed by atoms with Crippen LogP contribution in [0.4, 0.5) is 11.4 Å². The summed E-state index contributed by atoms with van der Waals surface area (Å²) < 4.78 is 5.35. The zero-order valence-electron chi connectivity index (χ0n) is 18.4. The van der Waals surface area contributed by atoms with Crippen molar-refractivity contribution in [2.45, 2.75) is 45.4 Å². The highest BCUT2D eigenvalue weighted by Crippen LogP contribution is 2.35. The Hall–Kier alpha value is -3.17. The molecule has 10 heteroatoms. The van der Waals surface area contributed by atoms with Crippen LogP contribution in [0.5, 0.6) is 5.75 Å². The summed E-state index contributed by atoms with van der Waals surface area (Å²) >= 11 is 0. The molecule has 2 aliphatic rings. The molecule has 1 unspecified atom stereocenters. The first-order chi connectivity index (χ1) is 15.4. The Morgan fingerprint density at radius 3 is 2.84 bits per heavy atom. The van der Waals surface area contributed by atoms with Crippen molar-refractivity contribution in [3.8, 4) is 5.75 Å². The van der Waals surface area contributed by atoms with Gasteiger partial charge in [0.2, 0.25) is 11.8 Å². The topological polar surface area (TPSA) is 122 Å². The molecule has 1 fully saturated rings. The van der Waals surface area contributed by atoms with Gasteiger partial charge < -0.3 is 15.0 Å². The first kappa shape index (κ1) is 23.5. The Labute approximate surface area is 187 Å². The van der Waals surface area contributed by atoms with Crippen LogP contribution in [0.1, 0.15) is 45.4 Å². The maximum atomic E-state index is 13.0. The van der Waals surface area contributed by atoms with Crippen LogP contribution in [0.25, 0.3) is 0 Å². The number of nitrogens with zero attached hydrogens (tertiary/aromatic N) is 3. The van der Waals surface area contributed by atoms with Crippen LogP contribution in [0.3, 0.4) is 0 Å². The fraction of sp³-hybridized carbons (Fsp3) is 0.591. The number of amides is 3. The van der Waals surface area contributed by atoms with E-state index in [1.165, 1.54) is 23.1 Å². The molecule has 0 bridgehead atoms. The van der Waals surface area contributed by atoms with Gasteiger partial charge in [-0.05, 0) is 25.3 Å². The van der Waals surface area contributed by atoms with Crippen molar-refractivity contribution in [2.24, 2.45) is 5.92 Å². The Morgan fingerprint density at radius 2 is 2.09 bits per heavy atom. The van der Waals surface area contributed by atoms with Crippen LogP contribution in [-0.2, 0) is 14.4 Å². The number of nitro benzene ring substituents is 1. The number of hydrogen-bond donors (Lipinski definition) is 1. The third-order valence-corrected chi connectivity index (χ3v) is 5.86. The molecule has 3 amide bonds. The van der Waals surface area contributed by atoms with Gasteiger partial charge in [0.1, 0.15) is 12.3 Å². The van der Waals surface area contributed by atoms with Gasteiger partial charge in [0, 0.05) is 31.8 Å². The lowest BCUT2D eigenvalue weighted by atomic mass is 9.97. The van der Waals surface area contributed by atoms with Gasteiger partial charge in [0.05, 0.1) is 16.5 Å². The van der Waals surface area contributed by atoms with Gasteiger partial charge in [-0.15, -0.1) is 0 Å². The standard InChI is InChI=1S/C22H30N4O6/c1-2-3-4-5-10-23-22(29)16-7-6-11-24(13-16)20(27)14-25-18-12-17(26(30)31)8-9-19(18)32-15-21(25)28/h8-9,12,16H,2-7,10-11,13-15H2,1H3,(H,23,29). The molecule has 0 aromatic heterocycles. The van der Waals surface area contributed by atoms with Crippen molar-refractivity contribution >= 4 is 29.1 Å². The SMILES string of the molecule is CCCCCCNC(=O)C1CCCN(C(=O)CN2C(=O)COc3ccc([N+](=O)[O-])cc32)C1. The molecule has 10 nitrogen and oxygen atoms in total. The maximum absolute atomic E-state index is 13.0. The second-order valence-electron chi connectivity index (χ2n) is 8.21. The molecule has 1 saturated heterocycles. The molecule has 3 rings (SSSR count). The number of fused-ring (bicyclic) bond motifs is 1. The van der Waals surface area contributed by atoms with Crippen molar-refractivity contribution in [3.63, 3.8) is 0 Å². The highest BCUT2D eigenvalue weighted by atomic mass is 16.6.